The number of rotatable bonds is 37. The summed E-state index contributed by atoms with van der Waals surface area (Å²) in [5, 5.41) is 8.09. The van der Waals surface area contributed by atoms with Crippen LogP contribution in [0.1, 0.15) is 180 Å². The second-order valence-electron chi connectivity index (χ2n) is 14.4. The Hall–Kier alpha value is -3.58. The topological polar surface area (TPSA) is 259 Å². The number of nitrogens with two attached hydrogens (primary N) is 5. The molecule has 0 spiro atoms. The zero-order valence-electron chi connectivity index (χ0n) is 33.3. The van der Waals surface area contributed by atoms with Crippen LogP contribution in [0.5, 0.6) is 0 Å². The molecule has 0 aromatic rings. The van der Waals surface area contributed by atoms with E-state index in [4.69, 9.17) is 28.7 Å². The van der Waals surface area contributed by atoms with Crippen LogP contribution in [0.15, 0.2) is 9.98 Å². The standard InChI is InChI=1S/C39H78N10O4/c1-2-3-4-5-6-7-8-9-10-11-12-13-14-15-16-17-18-19-20-21-22-27-34(50)45-31-28-35(51)48-33(26-24-30-47-39(43)44)37(53)49-32(36(40)52)25-23-29-46-38(41)42/h32-33H,2-31H2,1H3,(H2,40,52)(H,45,50)(H,48,51)(H,49,53)(H4,41,42,46)(H4,43,44,47)/t32-,33-/m0/s1. The number of nitrogens with zero attached hydrogens (tertiary/aromatic N) is 2. The molecule has 0 saturated heterocycles. The summed E-state index contributed by atoms with van der Waals surface area (Å²) in [7, 11) is 0. The van der Waals surface area contributed by atoms with Crippen LogP contribution in [0.25, 0.3) is 0 Å². The van der Waals surface area contributed by atoms with Gasteiger partial charge in [-0.25, -0.2) is 0 Å². The molecule has 53 heavy (non-hydrogen) atoms. The largest absolute Gasteiger partial charge is 0.370 e. The smallest absolute Gasteiger partial charge is 0.243 e. The van der Waals surface area contributed by atoms with Gasteiger partial charge in [0.2, 0.25) is 23.6 Å². The van der Waals surface area contributed by atoms with Gasteiger partial charge in [-0.2, -0.15) is 0 Å². The van der Waals surface area contributed by atoms with Gasteiger partial charge >= 0.3 is 0 Å². The van der Waals surface area contributed by atoms with Gasteiger partial charge in [-0.1, -0.05) is 135 Å². The summed E-state index contributed by atoms with van der Waals surface area (Å²) in [5.41, 5.74) is 26.9. The summed E-state index contributed by atoms with van der Waals surface area (Å²) >= 11 is 0. The van der Waals surface area contributed by atoms with Crippen LogP contribution < -0.4 is 44.6 Å². The highest BCUT2D eigenvalue weighted by Gasteiger charge is 2.25. The van der Waals surface area contributed by atoms with Crippen LogP contribution in [0.2, 0.25) is 0 Å². The summed E-state index contributed by atoms with van der Waals surface area (Å²) in [6.45, 7) is 2.96. The number of hydrogen-bond donors (Lipinski definition) is 8. The third-order valence-electron chi connectivity index (χ3n) is 9.38. The van der Waals surface area contributed by atoms with E-state index < -0.39 is 29.8 Å². The molecule has 14 nitrogen and oxygen atoms in total. The molecule has 2 atom stereocenters. The average molecular weight is 751 g/mol. The lowest BCUT2D eigenvalue weighted by Gasteiger charge is -2.22. The number of nitrogens with one attached hydrogen (secondary N) is 3. The minimum absolute atomic E-state index is 0.000489. The van der Waals surface area contributed by atoms with Gasteiger partial charge < -0.3 is 44.6 Å². The van der Waals surface area contributed by atoms with Crippen LogP contribution in [-0.4, -0.2) is 67.3 Å². The van der Waals surface area contributed by atoms with Crippen LogP contribution in [0.3, 0.4) is 0 Å². The van der Waals surface area contributed by atoms with E-state index in [-0.39, 0.29) is 56.7 Å². The maximum atomic E-state index is 13.0. The number of unbranched alkanes of at least 4 members (excludes halogenated alkanes) is 20. The van der Waals surface area contributed by atoms with Crippen molar-refractivity contribution in [1.82, 2.24) is 16.0 Å². The third-order valence-corrected chi connectivity index (χ3v) is 9.38. The van der Waals surface area contributed by atoms with Crippen molar-refractivity contribution in [2.24, 2.45) is 38.7 Å². The highest BCUT2D eigenvalue weighted by Crippen LogP contribution is 2.15. The van der Waals surface area contributed by atoms with Crippen molar-refractivity contribution >= 4 is 35.5 Å². The number of primary amides is 1. The lowest BCUT2D eigenvalue weighted by Crippen LogP contribution is -2.53. The van der Waals surface area contributed by atoms with Crippen molar-refractivity contribution in [3.63, 3.8) is 0 Å². The molecular weight excluding hydrogens is 672 g/mol. The highest BCUT2D eigenvalue weighted by atomic mass is 16.2. The number of aliphatic imine (C=N–C) groups is 2. The molecule has 0 aromatic heterocycles. The van der Waals surface area contributed by atoms with Gasteiger partial charge in [-0.05, 0) is 32.1 Å². The number of amides is 4. The molecule has 0 aliphatic carbocycles. The maximum Gasteiger partial charge on any atom is 0.243 e. The monoisotopic (exact) mass is 751 g/mol. The Morgan fingerprint density at radius 3 is 1.26 bits per heavy atom. The van der Waals surface area contributed by atoms with Crippen LogP contribution >= 0.6 is 0 Å². The zero-order chi connectivity index (χ0) is 39.4. The summed E-state index contributed by atoms with van der Waals surface area (Å²) < 4.78 is 0. The molecule has 0 aliphatic rings. The Labute approximate surface area is 320 Å². The lowest BCUT2D eigenvalue weighted by molar-refractivity contribution is -0.131. The van der Waals surface area contributed by atoms with Crippen molar-refractivity contribution < 1.29 is 19.2 Å². The van der Waals surface area contributed by atoms with Crippen LogP contribution in [0, 0.1) is 0 Å². The normalized spacial score (nSPS) is 12.0. The fourth-order valence-corrected chi connectivity index (χ4v) is 6.22. The summed E-state index contributed by atoms with van der Waals surface area (Å²) in [6, 6.07) is -1.92. The molecule has 14 heteroatoms. The third kappa shape index (κ3) is 34.0. The van der Waals surface area contributed by atoms with Gasteiger partial charge in [0.25, 0.3) is 0 Å². The first-order chi connectivity index (χ1) is 25.6. The highest BCUT2D eigenvalue weighted by molar-refractivity contribution is 5.91. The van der Waals surface area contributed by atoms with Crippen molar-refractivity contribution in [1.29, 1.82) is 0 Å². The van der Waals surface area contributed by atoms with E-state index in [1.54, 1.807) is 0 Å². The summed E-state index contributed by atoms with van der Waals surface area (Å²) in [5.74, 6) is -1.93. The first-order valence-electron chi connectivity index (χ1n) is 20.8. The second kappa shape index (κ2) is 35.4. The molecule has 0 heterocycles. The fraction of sp³-hybridized carbons (Fsp3) is 0.846. The quantitative estimate of drug-likeness (QED) is 0.0251. The van der Waals surface area contributed by atoms with E-state index >= 15 is 0 Å². The average Bonchev–Trinajstić information content (AvgIpc) is 3.11. The van der Waals surface area contributed by atoms with Crippen molar-refractivity contribution in [3.8, 4) is 0 Å². The predicted octanol–water partition coefficient (Wildman–Crippen LogP) is 4.66. The number of carbonyl (C=O) groups is 4. The van der Waals surface area contributed by atoms with Crippen molar-refractivity contribution in [2.45, 2.75) is 192 Å². The minimum Gasteiger partial charge on any atom is -0.370 e. The van der Waals surface area contributed by atoms with Gasteiger partial charge in [0.15, 0.2) is 11.9 Å². The molecular formula is C39H78N10O4. The Kier molecular flexibility index (Phi) is 33.1. The van der Waals surface area contributed by atoms with Gasteiger partial charge in [-0.3, -0.25) is 29.2 Å². The molecule has 0 fully saturated rings. The van der Waals surface area contributed by atoms with E-state index in [0.717, 1.165) is 19.3 Å². The Balaban J connectivity index is 4.08. The molecule has 0 aliphatic heterocycles. The Bertz CT molecular complexity index is 1020. The number of hydrogen-bond acceptors (Lipinski definition) is 6. The lowest BCUT2D eigenvalue weighted by atomic mass is 10.0. The summed E-state index contributed by atoms with van der Waals surface area (Å²) in [6.07, 6.45) is 29.3. The second-order valence-corrected chi connectivity index (χ2v) is 14.4. The first kappa shape index (κ1) is 49.4. The van der Waals surface area contributed by atoms with Crippen LogP contribution in [-0.2, 0) is 19.2 Å². The fourth-order valence-electron chi connectivity index (χ4n) is 6.22. The van der Waals surface area contributed by atoms with E-state index in [1.807, 2.05) is 0 Å². The predicted molar refractivity (Wildman–Crippen MR) is 218 cm³/mol. The minimum atomic E-state index is -0.966. The molecule has 13 N–H and O–H groups in total. The molecule has 0 rings (SSSR count). The first-order valence-corrected chi connectivity index (χ1v) is 20.8. The Morgan fingerprint density at radius 1 is 0.472 bits per heavy atom. The molecule has 0 aromatic carbocycles. The van der Waals surface area contributed by atoms with Gasteiger partial charge in [0, 0.05) is 32.5 Å². The SMILES string of the molecule is CCCCCCCCCCCCCCCCCCCCCCCC(=O)NCCC(=O)N[C@@H](CCCN=C(N)N)C(=O)N[C@@H](CCCN=C(N)N)C(N)=O. The number of guanidine groups is 2. The van der Waals surface area contributed by atoms with Gasteiger partial charge in [0.05, 0.1) is 0 Å². The van der Waals surface area contributed by atoms with E-state index in [0.29, 0.717) is 19.3 Å². The molecule has 308 valence electrons. The van der Waals surface area contributed by atoms with Gasteiger partial charge in [0.1, 0.15) is 12.1 Å². The molecule has 0 unspecified atom stereocenters. The number of carbonyl (C=O) groups excluding carboxylic acids is 4. The molecule has 0 bridgehead atoms. The summed E-state index contributed by atoms with van der Waals surface area (Å²) in [4.78, 5) is 57.8. The molecule has 0 radical (unpaired) electrons. The van der Waals surface area contributed by atoms with E-state index in [1.165, 1.54) is 116 Å². The van der Waals surface area contributed by atoms with Crippen molar-refractivity contribution in [2.75, 3.05) is 19.6 Å². The zero-order valence-corrected chi connectivity index (χ0v) is 33.3. The van der Waals surface area contributed by atoms with E-state index in [9.17, 15) is 19.2 Å². The van der Waals surface area contributed by atoms with E-state index in [2.05, 4.69) is 32.9 Å². The molecule has 4 amide bonds. The molecule has 0 saturated carbocycles. The van der Waals surface area contributed by atoms with Gasteiger partial charge in [-0.15, -0.1) is 0 Å². The van der Waals surface area contributed by atoms with Crippen molar-refractivity contribution in [3.05, 3.63) is 0 Å². The van der Waals surface area contributed by atoms with Crippen LogP contribution in [0.4, 0.5) is 0 Å². The Morgan fingerprint density at radius 2 is 0.868 bits per heavy atom. The maximum absolute atomic E-state index is 13.0.